The number of ether oxygens (including phenoxy) is 2. The summed E-state index contributed by atoms with van der Waals surface area (Å²) in [5, 5.41) is 0. The highest BCUT2D eigenvalue weighted by Gasteiger charge is 2.19. The van der Waals surface area contributed by atoms with Crippen molar-refractivity contribution in [2.45, 2.75) is 13.8 Å². The molecular formula is C13H18O3S. The lowest BCUT2D eigenvalue weighted by atomic mass is 9.98. The number of para-hydroxylation sites is 1. The summed E-state index contributed by atoms with van der Waals surface area (Å²) >= 11 is 4.26. The fourth-order valence-corrected chi connectivity index (χ4v) is 1.28. The monoisotopic (exact) mass is 254 g/mol. The Bertz CT molecular complexity index is 388. The zero-order valence-electron chi connectivity index (χ0n) is 10.4. The SMILES string of the molecule is COC(=O)c1ccccc1OCC(C)(C)CS. The summed E-state index contributed by atoms with van der Waals surface area (Å²) in [5.41, 5.74) is 0.414. The van der Waals surface area contributed by atoms with Crippen molar-refractivity contribution in [3.63, 3.8) is 0 Å². The van der Waals surface area contributed by atoms with E-state index in [2.05, 4.69) is 26.5 Å². The highest BCUT2D eigenvalue weighted by Crippen LogP contribution is 2.23. The second kappa shape index (κ2) is 5.96. The lowest BCUT2D eigenvalue weighted by Crippen LogP contribution is -2.23. The number of esters is 1. The molecule has 0 aliphatic rings. The van der Waals surface area contributed by atoms with Crippen molar-refractivity contribution in [1.29, 1.82) is 0 Å². The van der Waals surface area contributed by atoms with Crippen LogP contribution in [0.15, 0.2) is 24.3 Å². The molecule has 0 aliphatic carbocycles. The van der Waals surface area contributed by atoms with Gasteiger partial charge < -0.3 is 9.47 Å². The first kappa shape index (κ1) is 13.9. The molecule has 0 aromatic heterocycles. The highest BCUT2D eigenvalue weighted by molar-refractivity contribution is 7.80. The quantitative estimate of drug-likeness (QED) is 0.648. The number of carbonyl (C=O) groups excluding carboxylic acids is 1. The molecule has 1 aromatic carbocycles. The van der Waals surface area contributed by atoms with Crippen molar-refractivity contribution in [2.24, 2.45) is 5.41 Å². The summed E-state index contributed by atoms with van der Waals surface area (Å²) in [4.78, 5) is 11.5. The van der Waals surface area contributed by atoms with Gasteiger partial charge >= 0.3 is 5.97 Å². The second-order valence-electron chi connectivity index (χ2n) is 4.60. The molecule has 0 aliphatic heterocycles. The van der Waals surface area contributed by atoms with Crippen LogP contribution in [0.3, 0.4) is 0 Å². The van der Waals surface area contributed by atoms with E-state index >= 15 is 0 Å². The van der Waals surface area contributed by atoms with E-state index in [1.54, 1.807) is 18.2 Å². The molecule has 1 aromatic rings. The minimum Gasteiger partial charge on any atom is -0.492 e. The molecule has 3 nitrogen and oxygen atoms in total. The Balaban J connectivity index is 2.81. The average Bonchev–Trinajstić information content (AvgIpc) is 2.36. The van der Waals surface area contributed by atoms with Gasteiger partial charge in [-0.3, -0.25) is 0 Å². The van der Waals surface area contributed by atoms with E-state index in [4.69, 9.17) is 9.47 Å². The first-order valence-electron chi connectivity index (χ1n) is 5.41. The molecule has 0 atom stereocenters. The first-order chi connectivity index (χ1) is 8.00. The number of thiol groups is 1. The molecule has 0 N–H and O–H groups in total. The van der Waals surface area contributed by atoms with Crippen LogP contribution in [-0.2, 0) is 4.74 Å². The van der Waals surface area contributed by atoms with Gasteiger partial charge in [-0.25, -0.2) is 4.79 Å². The van der Waals surface area contributed by atoms with Crippen LogP contribution in [0.4, 0.5) is 0 Å². The number of carbonyl (C=O) groups is 1. The molecule has 0 radical (unpaired) electrons. The van der Waals surface area contributed by atoms with Crippen LogP contribution in [-0.4, -0.2) is 25.4 Å². The predicted molar refractivity (Wildman–Crippen MR) is 70.9 cm³/mol. The third-order valence-electron chi connectivity index (χ3n) is 2.34. The van der Waals surface area contributed by atoms with Crippen LogP contribution >= 0.6 is 12.6 Å². The minimum absolute atomic E-state index is 0.0354. The van der Waals surface area contributed by atoms with Gasteiger partial charge in [-0.15, -0.1) is 0 Å². The van der Waals surface area contributed by atoms with Gasteiger partial charge in [0.25, 0.3) is 0 Å². The van der Waals surface area contributed by atoms with Gasteiger partial charge in [0.05, 0.1) is 13.7 Å². The summed E-state index contributed by atoms with van der Waals surface area (Å²) in [5.74, 6) is 0.881. The van der Waals surface area contributed by atoms with Crippen LogP contribution < -0.4 is 4.74 Å². The molecule has 0 saturated carbocycles. The van der Waals surface area contributed by atoms with Crippen LogP contribution in [0.25, 0.3) is 0 Å². The Labute approximate surface area is 108 Å². The summed E-state index contributed by atoms with van der Waals surface area (Å²) in [6, 6.07) is 7.06. The lowest BCUT2D eigenvalue weighted by molar-refractivity contribution is 0.0593. The van der Waals surface area contributed by atoms with Crippen LogP contribution in [0.1, 0.15) is 24.2 Å². The van der Waals surface area contributed by atoms with E-state index < -0.39 is 0 Å². The van der Waals surface area contributed by atoms with E-state index in [9.17, 15) is 4.79 Å². The van der Waals surface area contributed by atoms with Gasteiger partial charge in [0.2, 0.25) is 0 Å². The molecule has 0 bridgehead atoms. The lowest BCUT2D eigenvalue weighted by Gasteiger charge is -2.22. The third-order valence-corrected chi connectivity index (χ3v) is 3.19. The maximum absolute atomic E-state index is 11.5. The Kier molecular flexibility index (Phi) is 4.87. The molecule has 17 heavy (non-hydrogen) atoms. The number of hydrogen-bond donors (Lipinski definition) is 1. The zero-order valence-corrected chi connectivity index (χ0v) is 11.3. The molecule has 0 unspecified atom stereocenters. The number of hydrogen-bond acceptors (Lipinski definition) is 4. The average molecular weight is 254 g/mol. The fraction of sp³-hybridized carbons (Fsp3) is 0.462. The molecule has 94 valence electrons. The van der Waals surface area contributed by atoms with Gasteiger partial charge in [-0.05, 0) is 17.9 Å². The maximum atomic E-state index is 11.5. The first-order valence-corrected chi connectivity index (χ1v) is 6.04. The Morgan fingerprint density at radius 1 is 1.35 bits per heavy atom. The Morgan fingerprint density at radius 2 is 2.00 bits per heavy atom. The molecule has 1 rings (SSSR count). The largest absolute Gasteiger partial charge is 0.492 e. The topological polar surface area (TPSA) is 35.5 Å². The summed E-state index contributed by atoms with van der Waals surface area (Å²) in [6.07, 6.45) is 0. The third kappa shape index (κ3) is 3.97. The summed E-state index contributed by atoms with van der Waals surface area (Å²) < 4.78 is 10.4. The van der Waals surface area contributed by atoms with Gasteiger partial charge in [0.15, 0.2) is 0 Å². The zero-order chi connectivity index (χ0) is 12.9. The second-order valence-corrected chi connectivity index (χ2v) is 4.91. The van der Waals surface area contributed by atoms with E-state index in [1.807, 2.05) is 6.07 Å². The van der Waals surface area contributed by atoms with E-state index in [0.717, 1.165) is 0 Å². The molecule has 0 amide bonds. The van der Waals surface area contributed by atoms with Gasteiger partial charge in [0, 0.05) is 5.41 Å². The summed E-state index contributed by atoms with van der Waals surface area (Å²) in [7, 11) is 1.36. The molecule has 0 fully saturated rings. The van der Waals surface area contributed by atoms with E-state index in [0.29, 0.717) is 23.7 Å². The van der Waals surface area contributed by atoms with Crippen LogP contribution in [0.2, 0.25) is 0 Å². The smallest absolute Gasteiger partial charge is 0.341 e. The van der Waals surface area contributed by atoms with Crippen molar-refractivity contribution in [2.75, 3.05) is 19.5 Å². The molecule has 0 heterocycles. The van der Waals surface area contributed by atoms with Gasteiger partial charge in [0.1, 0.15) is 11.3 Å². The number of benzene rings is 1. The van der Waals surface area contributed by atoms with E-state index in [-0.39, 0.29) is 11.4 Å². The Morgan fingerprint density at radius 3 is 2.59 bits per heavy atom. The van der Waals surface area contributed by atoms with Crippen LogP contribution in [0.5, 0.6) is 5.75 Å². The molecule has 0 spiro atoms. The molecular weight excluding hydrogens is 236 g/mol. The van der Waals surface area contributed by atoms with Crippen molar-refractivity contribution in [1.82, 2.24) is 0 Å². The highest BCUT2D eigenvalue weighted by atomic mass is 32.1. The minimum atomic E-state index is -0.385. The van der Waals surface area contributed by atoms with Gasteiger partial charge in [-0.1, -0.05) is 26.0 Å². The number of methoxy groups -OCH3 is 1. The van der Waals surface area contributed by atoms with Crippen molar-refractivity contribution < 1.29 is 14.3 Å². The van der Waals surface area contributed by atoms with Crippen molar-refractivity contribution >= 4 is 18.6 Å². The normalized spacial score (nSPS) is 11.1. The molecule has 0 saturated heterocycles. The predicted octanol–water partition coefficient (Wildman–Crippen LogP) is 2.81. The Hall–Kier alpha value is -1.16. The van der Waals surface area contributed by atoms with Gasteiger partial charge in [-0.2, -0.15) is 12.6 Å². The van der Waals surface area contributed by atoms with Crippen LogP contribution in [0, 0.1) is 5.41 Å². The van der Waals surface area contributed by atoms with Crippen molar-refractivity contribution in [3.8, 4) is 5.75 Å². The summed E-state index contributed by atoms with van der Waals surface area (Å²) in [6.45, 7) is 4.62. The fourth-order valence-electron chi connectivity index (χ4n) is 1.19. The maximum Gasteiger partial charge on any atom is 0.341 e. The number of rotatable bonds is 5. The van der Waals surface area contributed by atoms with E-state index in [1.165, 1.54) is 7.11 Å². The van der Waals surface area contributed by atoms with Crippen molar-refractivity contribution in [3.05, 3.63) is 29.8 Å². The molecule has 4 heteroatoms. The standard InChI is InChI=1S/C13H18O3S/c1-13(2,9-17)8-16-11-7-5-4-6-10(11)12(14)15-3/h4-7,17H,8-9H2,1-3H3.